The fourth-order valence-corrected chi connectivity index (χ4v) is 2.36. The first kappa shape index (κ1) is 9.71. The molecular formula is C9H16N2S. The maximum absolute atomic E-state index is 5.43. The van der Waals surface area contributed by atoms with E-state index in [9.17, 15) is 0 Å². The van der Waals surface area contributed by atoms with Crippen molar-refractivity contribution in [3.05, 3.63) is 21.4 Å². The van der Waals surface area contributed by atoms with Crippen LogP contribution in [-0.2, 0) is 0 Å². The van der Waals surface area contributed by atoms with Crippen LogP contribution in [0.15, 0.2) is 6.07 Å². The maximum Gasteiger partial charge on any atom is 0.0550 e. The molecule has 0 fully saturated rings. The molecule has 0 aromatic carbocycles. The average molecular weight is 184 g/mol. The maximum atomic E-state index is 5.43. The number of thiophene rings is 1. The molecule has 0 aliphatic rings. The molecule has 3 N–H and O–H groups in total. The zero-order chi connectivity index (χ0) is 9.14. The fourth-order valence-electron chi connectivity index (χ4n) is 1.17. The highest BCUT2D eigenvalue weighted by Crippen LogP contribution is 2.27. The van der Waals surface area contributed by atoms with E-state index in [0.717, 1.165) is 6.42 Å². The Bertz CT molecular complexity index is 232. The minimum atomic E-state index is 0.322. The lowest BCUT2D eigenvalue weighted by atomic mass is 10.2. The highest BCUT2D eigenvalue weighted by atomic mass is 32.1. The largest absolute Gasteiger partial charge is 0.271 e. The summed E-state index contributed by atoms with van der Waals surface area (Å²) < 4.78 is 0. The van der Waals surface area contributed by atoms with Crippen LogP contribution < -0.4 is 11.3 Å². The van der Waals surface area contributed by atoms with E-state index in [2.05, 4.69) is 32.3 Å². The van der Waals surface area contributed by atoms with Crippen LogP contribution in [0.1, 0.15) is 34.7 Å². The van der Waals surface area contributed by atoms with Gasteiger partial charge in [-0.3, -0.25) is 11.3 Å². The Morgan fingerprint density at radius 1 is 1.58 bits per heavy atom. The van der Waals surface area contributed by atoms with Crippen molar-refractivity contribution in [3.8, 4) is 0 Å². The zero-order valence-electron chi connectivity index (χ0n) is 7.85. The van der Waals surface area contributed by atoms with Crippen molar-refractivity contribution in [1.29, 1.82) is 0 Å². The molecule has 3 heteroatoms. The van der Waals surface area contributed by atoms with Crippen LogP contribution in [-0.4, -0.2) is 0 Å². The van der Waals surface area contributed by atoms with E-state index in [1.54, 1.807) is 0 Å². The fraction of sp³-hybridized carbons (Fsp3) is 0.556. The number of rotatable bonds is 3. The summed E-state index contributed by atoms with van der Waals surface area (Å²) in [6.45, 7) is 6.42. The van der Waals surface area contributed by atoms with Gasteiger partial charge >= 0.3 is 0 Å². The molecule has 1 rings (SSSR count). The van der Waals surface area contributed by atoms with Crippen LogP contribution in [0.4, 0.5) is 0 Å². The highest BCUT2D eigenvalue weighted by Gasteiger charge is 2.10. The van der Waals surface area contributed by atoms with Gasteiger partial charge in [0.1, 0.15) is 0 Å². The quantitative estimate of drug-likeness (QED) is 0.558. The van der Waals surface area contributed by atoms with E-state index in [4.69, 9.17) is 5.84 Å². The molecule has 1 atom stereocenters. The van der Waals surface area contributed by atoms with Gasteiger partial charge in [0.2, 0.25) is 0 Å². The Kier molecular flexibility index (Phi) is 3.26. The Labute approximate surface area is 77.8 Å². The van der Waals surface area contributed by atoms with Gasteiger partial charge in [0, 0.05) is 9.75 Å². The lowest BCUT2D eigenvalue weighted by Crippen LogP contribution is -2.26. The van der Waals surface area contributed by atoms with Crippen LogP contribution in [0.5, 0.6) is 0 Å². The van der Waals surface area contributed by atoms with Crippen molar-refractivity contribution in [2.75, 3.05) is 0 Å². The van der Waals surface area contributed by atoms with Gasteiger partial charge in [-0.15, -0.1) is 11.3 Å². The molecule has 0 spiro atoms. The van der Waals surface area contributed by atoms with Crippen molar-refractivity contribution in [2.24, 2.45) is 5.84 Å². The smallest absolute Gasteiger partial charge is 0.0550 e. The first-order valence-electron chi connectivity index (χ1n) is 4.22. The van der Waals surface area contributed by atoms with Gasteiger partial charge in [0.25, 0.3) is 0 Å². The number of hydrogen-bond acceptors (Lipinski definition) is 3. The van der Waals surface area contributed by atoms with Crippen molar-refractivity contribution in [2.45, 2.75) is 33.2 Å². The molecule has 1 aromatic heterocycles. The summed E-state index contributed by atoms with van der Waals surface area (Å²) in [7, 11) is 0. The topological polar surface area (TPSA) is 38.0 Å². The van der Waals surface area contributed by atoms with Gasteiger partial charge in [0.05, 0.1) is 6.04 Å². The summed E-state index contributed by atoms with van der Waals surface area (Å²) in [5.41, 5.74) is 4.18. The van der Waals surface area contributed by atoms with Crippen molar-refractivity contribution in [3.63, 3.8) is 0 Å². The third kappa shape index (κ3) is 1.86. The Hall–Kier alpha value is -0.380. The number of hydrogen-bond donors (Lipinski definition) is 2. The number of hydrazine groups is 1. The second-order valence-electron chi connectivity index (χ2n) is 3.02. The van der Waals surface area contributed by atoms with E-state index in [0.29, 0.717) is 6.04 Å². The number of nitrogens with two attached hydrogens (primary N) is 1. The molecular weight excluding hydrogens is 168 g/mol. The first-order chi connectivity index (χ1) is 5.69. The standard InChI is InChI=1S/C9H16N2S/c1-4-8(11-10)9-5-6(2)7(3)12-9/h5,8,11H,4,10H2,1-3H3. The Balaban J connectivity index is 2.86. The summed E-state index contributed by atoms with van der Waals surface area (Å²) in [6, 6.07) is 2.54. The summed E-state index contributed by atoms with van der Waals surface area (Å²) >= 11 is 1.83. The van der Waals surface area contributed by atoms with Crippen LogP contribution >= 0.6 is 11.3 Å². The van der Waals surface area contributed by atoms with E-state index in [1.165, 1.54) is 15.3 Å². The molecule has 0 bridgehead atoms. The van der Waals surface area contributed by atoms with Gasteiger partial charge in [-0.25, -0.2) is 0 Å². The van der Waals surface area contributed by atoms with Gasteiger partial charge in [-0.05, 0) is 31.9 Å². The molecule has 0 aliphatic carbocycles. The predicted molar refractivity (Wildman–Crippen MR) is 54.1 cm³/mol. The molecule has 0 aliphatic heterocycles. The molecule has 0 amide bonds. The Morgan fingerprint density at radius 2 is 2.25 bits per heavy atom. The van der Waals surface area contributed by atoms with Gasteiger partial charge in [0.15, 0.2) is 0 Å². The normalized spacial score (nSPS) is 13.3. The minimum absolute atomic E-state index is 0.322. The predicted octanol–water partition coefficient (Wildman–Crippen LogP) is 2.28. The van der Waals surface area contributed by atoms with Gasteiger partial charge < -0.3 is 0 Å². The monoisotopic (exact) mass is 184 g/mol. The van der Waals surface area contributed by atoms with E-state index in [1.807, 2.05) is 11.3 Å². The number of nitrogens with one attached hydrogen (secondary N) is 1. The molecule has 1 aromatic rings. The second-order valence-corrected chi connectivity index (χ2v) is 4.30. The second kappa shape index (κ2) is 4.03. The van der Waals surface area contributed by atoms with Crippen molar-refractivity contribution < 1.29 is 0 Å². The third-order valence-corrected chi connectivity index (χ3v) is 3.40. The molecule has 0 saturated heterocycles. The molecule has 1 unspecified atom stereocenters. The lowest BCUT2D eigenvalue weighted by Gasteiger charge is -2.10. The molecule has 0 radical (unpaired) electrons. The van der Waals surface area contributed by atoms with Crippen LogP contribution in [0.3, 0.4) is 0 Å². The first-order valence-corrected chi connectivity index (χ1v) is 5.03. The van der Waals surface area contributed by atoms with Crippen molar-refractivity contribution in [1.82, 2.24) is 5.43 Å². The summed E-state index contributed by atoms with van der Waals surface area (Å²) in [4.78, 5) is 2.73. The molecule has 12 heavy (non-hydrogen) atoms. The molecule has 1 heterocycles. The summed E-state index contributed by atoms with van der Waals surface area (Å²) in [5.74, 6) is 5.43. The molecule has 0 saturated carbocycles. The van der Waals surface area contributed by atoms with E-state index < -0.39 is 0 Å². The SMILES string of the molecule is CCC(NN)c1cc(C)c(C)s1. The van der Waals surface area contributed by atoms with Gasteiger partial charge in [-0.1, -0.05) is 6.92 Å². The van der Waals surface area contributed by atoms with E-state index >= 15 is 0 Å². The van der Waals surface area contributed by atoms with Crippen LogP contribution in [0, 0.1) is 13.8 Å². The zero-order valence-corrected chi connectivity index (χ0v) is 8.66. The summed E-state index contributed by atoms with van der Waals surface area (Å²) in [5, 5.41) is 0. The third-order valence-electron chi connectivity index (χ3n) is 2.14. The Morgan fingerprint density at radius 3 is 2.58 bits per heavy atom. The summed E-state index contributed by atoms with van der Waals surface area (Å²) in [6.07, 6.45) is 1.04. The molecule has 68 valence electrons. The molecule has 2 nitrogen and oxygen atoms in total. The average Bonchev–Trinajstić information content (AvgIpc) is 2.35. The van der Waals surface area contributed by atoms with Crippen molar-refractivity contribution >= 4 is 11.3 Å². The van der Waals surface area contributed by atoms with Gasteiger partial charge in [-0.2, -0.15) is 0 Å². The van der Waals surface area contributed by atoms with E-state index in [-0.39, 0.29) is 0 Å². The lowest BCUT2D eigenvalue weighted by molar-refractivity contribution is 0.547. The van der Waals surface area contributed by atoms with Crippen LogP contribution in [0.25, 0.3) is 0 Å². The van der Waals surface area contributed by atoms with Crippen LogP contribution in [0.2, 0.25) is 0 Å². The number of aryl methyl sites for hydroxylation is 2. The minimum Gasteiger partial charge on any atom is -0.271 e. The highest BCUT2D eigenvalue weighted by molar-refractivity contribution is 7.12.